The van der Waals surface area contributed by atoms with Crippen molar-refractivity contribution in [2.75, 3.05) is 5.32 Å². The zero-order valence-corrected chi connectivity index (χ0v) is 9.71. The molecule has 0 radical (unpaired) electrons. The number of hydrogen-bond acceptors (Lipinski definition) is 2. The monoisotopic (exact) mass is 253 g/mol. The lowest BCUT2D eigenvalue weighted by atomic mass is 9.88. The quantitative estimate of drug-likeness (QED) is 0.880. The fourth-order valence-electron chi connectivity index (χ4n) is 2.03. The maximum atomic E-state index is 13.3. The van der Waals surface area contributed by atoms with Gasteiger partial charge in [0, 0.05) is 24.8 Å². The molecule has 0 saturated heterocycles. The van der Waals surface area contributed by atoms with Crippen molar-refractivity contribution in [2.45, 2.75) is 25.7 Å². The molecule has 1 saturated carbocycles. The molecule has 0 bridgehead atoms. The van der Waals surface area contributed by atoms with E-state index < -0.39 is 11.6 Å². The van der Waals surface area contributed by atoms with Crippen molar-refractivity contribution >= 4 is 17.4 Å². The first-order chi connectivity index (χ1) is 8.56. The summed E-state index contributed by atoms with van der Waals surface area (Å²) in [5.41, 5.74) is -0.0294. The van der Waals surface area contributed by atoms with Crippen LogP contribution in [0, 0.1) is 17.6 Å². The van der Waals surface area contributed by atoms with Gasteiger partial charge < -0.3 is 5.32 Å². The Bertz CT molecular complexity index is 478. The van der Waals surface area contributed by atoms with Crippen LogP contribution in [0.25, 0.3) is 0 Å². The number of Topliss-reactive ketones (excluding diaryl/α,β-unsaturated/α-hetero) is 1. The average molecular weight is 253 g/mol. The van der Waals surface area contributed by atoms with Crippen LogP contribution in [-0.4, -0.2) is 11.7 Å². The molecule has 96 valence electrons. The minimum absolute atomic E-state index is 0.0294. The highest BCUT2D eigenvalue weighted by atomic mass is 19.1. The zero-order chi connectivity index (χ0) is 13.1. The molecule has 1 aliphatic rings. The van der Waals surface area contributed by atoms with Crippen LogP contribution in [0.1, 0.15) is 25.7 Å². The van der Waals surface area contributed by atoms with Crippen molar-refractivity contribution in [3.63, 3.8) is 0 Å². The molecule has 2 rings (SSSR count). The van der Waals surface area contributed by atoms with Gasteiger partial charge in [-0.2, -0.15) is 0 Å². The third-order valence-corrected chi connectivity index (χ3v) is 3.10. The van der Waals surface area contributed by atoms with E-state index in [1.807, 2.05) is 0 Å². The number of hydrogen-bond donors (Lipinski definition) is 1. The summed E-state index contributed by atoms with van der Waals surface area (Å²) < 4.78 is 26.0. The first kappa shape index (κ1) is 12.7. The van der Waals surface area contributed by atoms with E-state index in [1.165, 1.54) is 6.07 Å². The van der Waals surface area contributed by atoms with E-state index in [4.69, 9.17) is 0 Å². The molecule has 1 aromatic rings. The molecule has 0 aromatic heterocycles. The second kappa shape index (κ2) is 5.25. The first-order valence-electron chi connectivity index (χ1n) is 5.84. The highest BCUT2D eigenvalue weighted by Gasteiger charge is 2.25. The predicted octanol–water partition coefficient (Wildman–Crippen LogP) is 2.66. The van der Waals surface area contributed by atoms with E-state index in [-0.39, 0.29) is 23.3 Å². The zero-order valence-electron chi connectivity index (χ0n) is 9.71. The molecule has 0 atom stereocenters. The molecule has 0 aliphatic heterocycles. The summed E-state index contributed by atoms with van der Waals surface area (Å²) in [6.07, 6.45) is 1.77. The van der Waals surface area contributed by atoms with Crippen LogP contribution < -0.4 is 5.32 Å². The van der Waals surface area contributed by atoms with E-state index in [2.05, 4.69) is 5.32 Å². The maximum Gasteiger partial charge on any atom is 0.227 e. The van der Waals surface area contributed by atoms with Crippen LogP contribution in [0.3, 0.4) is 0 Å². The summed E-state index contributed by atoms with van der Waals surface area (Å²) in [7, 11) is 0. The smallest absolute Gasteiger partial charge is 0.227 e. The average Bonchev–Trinajstić information content (AvgIpc) is 2.33. The Morgan fingerprint density at radius 2 is 1.89 bits per heavy atom. The van der Waals surface area contributed by atoms with Crippen molar-refractivity contribution < 1.29 is 18.4 Å². The number of amides is 1. The summed E-state index contributed by atoms with van der Waals surface area (Å²) in [4.78, 5) is 22.9. The highest BCUT2D eigenvalue weighted by Crippen LogP contribution is 2.24. The van der Waals surface area contributed by atoms with Crippen LogP contribution in [-0.2, 0) is 9.59 Å². The van der Waals surface area contributed by atoms with Crippen LogP contribution in [0.2, 0.25) is 0 Å². The molecule has 1 N–H and O–H groups in total. The molecule has 0 spiro atoms. The van der Waals surface area contributed by atoms with Crippen LogP contribution in [0.5, 0.6) is 0 Å². The second-order valence-electron chi connectivity index (χ2n) is 4.43. The number of nitrogens with one attached hydrogen (secondary N) is 1. The second-order valence-corrected chi connectivity index (χ2v) is 4.43. The lowest BCUT2D eigenvalue weighted by molar-refractivity contribution is -0.125. The summed E-state index contributed by atoms with van der Waals surface area (Å²) in [6, 6.07) is 3.00. The Morgan fingerprint density at radius 3 is 2.50 bits per heavy atom. The number of anilines is 1. The van der Waals surface area contributed by atoms with Crippen LogP contribution in [0.4, 0.5) is 14.5 Å². The molecule has 1 amide bonds. The van der Waals surface area contributed by atoms with Crippen molar-refractivity contribution in [2.24, 2.45) is 5.92 Å². The molecular formula is C13H13F2NO2. The molecule has 1 fully saturated rings. The Labute approximate surface area is 103 Å². The summed E-state index contributed by atoms with van der Waals surface area (Å²) in [5, 5.41) is 2.43. The van der Waals surface area contributed by atoms with E-state index in [1.54, 1.807) is 0 Å². The van der Waals surface area contributed by atoms with Gasteiger partial charge in [-0.25, -0.2) is 8.78 Å². The van der Waals surface area contributed by atoms with Gasteiger partial charge in [0.05, 0.1) is 5.69 Å². The molecule has 3 nitrogen and oxygen atoms in total. The van der Waals surface area contributed by atoms with Crippen molar-refractivity contribution in [3.05, 3.63) is 29.8 Å². The number of benzene rings is 1. The standard InChI is InChI=1S/C13H13F2NO2/c14-9-3-6-12(11(15)7-9)16-13(18)8-1-4-10(17)5-2-8/h3,6-8H,1-2,4-5H2,(H,16,18). The molecule has 1 aromatic carbocycles. The fourth-order valence-corrected chi connectivity index (χ4v) is 2.03. The van der Waals surface area contributed by atoms with Gasteiger partial charge in [-0.3, -0.25) is 9.59 Å². The lowest BCUT2D eigenvalue weighted by Crippen LogP contribution is -2.27. The number of carbonyl (C=O) groups is 2. The first-order valence-corrected chi connectivity index (χ1v) is 5.84. The van der Waals surface area contributed by atoms with Gasteiger partial charge in [-0.1, -0.05) is 0 Å². The highest BCUT2D eigenvalue weighted by molar-refractivity contribution is 5.94. The van der Waals surface area contributed by atoms with Gasteiger partial charge in [0.15, 0.2) is 0 Å². The maximum absolute atomic E-state index is 13.3. The van der Waals surface area contributed by atoms with Gasteiger partial charge in [0.2, 0.25) is 5.91 Å². The lowest BCUT2D eigenvalue weighted by Gasteiger charge is -2.20. The van der Waals surface area contributed by atoms with Crippen LogP contribution in [0.15, 0.2) is 18.2 Å². The van der Waals surface area contributed by atoms with Crippen molar-refractivity contribution in [3.8, 4) is 0 Å². The minimum atomic E-state index is -0.796. The fraction of sp³-hybridized carbons (Fsp3) is 0.385. The van der Waals surface area contributed by atoms with Crippen LogP contribution >= 0.6 is 0 Å². The molecule has 18 heavy (non-hydrogen) atoms. The minimum Gasteiger partial charge on any atom is -0.323 e. The topological polar surface area (TPSA) is 46.2 Å². The van der Waals surface area contributed by atoms with Gasteiger partial charge in [0.25, 0.3) is 0 Å². The summed E-state index contributed by atoms with van der Waals surface area (Å²) in [6.45, 7) is 0. The number of ketones is 1. The van der Waals surface area contributed by atoms with Gasteiger partial charge in [-0.15, -0.1) is 0 Å². The summed E-state index contributed by atoms with van der Waals surface area (Å²) >= 11 is 0. The number of halogens is 2. The normalized spacial score (nSPS) is 16.7. The van der Waals surface area contributed by atoms with E-state index in [9.17, 15) is 18.4 Å². The van der Waals surface area contributed by atoms with Gasteiger partial charge >= 0.3 is 0 Å². The third-order valence-electron chi connectivity index (χ3n) is 3.10. The number of rotatable bonds is 2. The molecule has 0 unspecified atom stereocenters. The van der Waals surface area contributed by atoms with Gasteiger partial charge in [-0.05, 0) is 25.0 Å². The van der Waals surface area contributed by atoms with Crippen molar-refractivity contribution in [1.29, 1.82) is 0 Å². The Hall–Kier alpha value is -1.78. The SMILES string of the molecule is O=C1CCC(C(=O)Nc2ccc(F)cc2F)CC1. The van der Waals surface area contributed by atoms with E-state index in [0.717, 1.165) is 12.1 Å². The third kappa shape index (κ3) is 2.91. The Balaban J connectivity index is 2.00. The molecule has 1 aliphatic carbocycles. The van der Waals surface area contributed by atoms with Gasteiger partial charge in [0.1, 0.15) is 17.4 Å². The molecule has 5 heteroatoms. The summed E-state index contributed by atoms with van der Waals surface area (Å²) in [5.74, 6) is -1.91. The predicted molar refractivity (Wildman–Crippen MR) is 62.0 cm³/mol. The van der Waals surface area contributed by atoms with E-state index >= 15 is 0 Å². The Morgan fingerprint density at radius 1 is 1.22 bits per heavy atom. The molecular weight excluding hydrogens is 240 g/mol. The van der Waals surface area contributed by atoms with Crippen molar-refractivity contribution in [1.82, 2.24) is 0 Å². The molecule has 0 heterocycles. The number of carbonyl (C=O) groups excluding carboxylic acids is 2. The largest absolute Gasteiger partial charge is 0.323 e. The van der Waals surface area contributed by atoms with E-state index in [0.29, 0.717) is 25.7 Å². The Kier molecular flexibility index (Phi) is 3.69.